The Morgan fingerprint density at radius 1 is 1.13 bits per heavy atom. The Morgan fingerprint density at radius 2 is 1.70 bits per heavy atom. The maximum atomic E-state index is 4.43. The van der Waals surface area contributed by atoms with Crippen LogP contribution in [0.5, 0.6) is 0 Å². The number of nitrogens with zero attached hydrogens (tertiary/aromatic N) is 3. The second-order valence-corrected chi connectivity index (χ2v) is 8.20. The molecule has 23 heavy (non-hydrogen) atoms. The molecule has 0 aromatic rings. The molecule has 0 saturated carbocycles. The lowest BCUT2D eigenvalue weighted by Crippen LogP contribution is -2.47. The second kappa shape index (κ2) is 7.29. The van der Waals surface area contributed by atoms with Crippen LogP contribution in [-0.4, -0.2) is 61.0 Å². The normalized spacial score (nSPS) is 22.6. The Hall–Kier alpha value is -0.960. The summed E-state index contributed by atoms with van der Waals surface area (Å²) in [5.41, 5.74) is 1.89. The highest BCUT2D eigenvalue weighted by molar-refractivity contribution is 5.12. The van der Waals surface area contributed by atoms with E-state index in [1.165, 1.54) is 43.7 Å². The summed E-state index contributed by atoms with van der Waals surface area (Å²) in [7, 11) is 4.46. The van der Waals surface area contributed by atoms with E-state index in [4.69, 9.17) is 0 Å². The first-order valence-corrected chi connectivity index (χ1v) is 9.32. The minimum absolute atomic E-state index is 0.390. The number of hydrogen-bond donors (Lipinski definition) is 0. The molecule has 2 saturated heterocycles. The van der Waals surface area contributed by atoms with Crippen molar-refractivity contribution in [2.75, 3.05) is 40.3 Å². The first kappa shape index (κ1) is 18.4. The smallest absolute Gasteiger partial charge is 0.0967 e. The van der Waals surface area contributed by atoms with Gasteiger partial charge in [0, 0.05) is 26.7 Å². The van der Waals surface area contributed by atoms with Gasteiger partial charge in [0.25, 0.3) is 0 Å². The Bertz CT molecular complexity index is 432. The predicted octanol–water partition coefficient (Wildman–Crippen LogP) is 3.80. The van der Waals surface area contributed by atoms with Crippen LogP contribution >= 0.6 is 0 Å². The van der Waals surface area contributed by atoms with Gasteiger partial charge in [0.15, 0.2) is 0 Å². The van der Waals surface area contributed by atoms with Gasteiger partial charge in [0.1, 0.15) is 0 Å². The fourth-order valence-electron chi connectivity index (χ4n) is 4.59. The zero-order valence-electron chi connectivity index (χ0n) is 16.1. The molecule has 0 aliphatic carbocycles. The van der Waals surface area contributed by atoms with Gasteiger partial charge in [-0.3, -0.25) is 0 Å². The summed E-state index contributed by atoms with van der Waals surface area (Å²) in [5.74, 6) is 1.74. The first-order valence-electron chi connectivity index (χ1n) is 9.32. The van der Waals surface area contributed by atoms with Crippen LogP contribution in [0.25, 0.3) is 0 Å². The average Bonchev–Trinajstić information content (AvgIpc) is 2.87. The predicted molar refractivity (Wildman–Crippen MR) is 100 cm³/mol. The lowest BCUT2D eigenvalue weighted by atomic mass is 9.78. The average molecular weight is 320 g/mol. The number of piperidine rings is 1. The molecule has 2 rings (SSSR count). The van der Waals surface area contributed by atoms with Crippen molar-refractivity contribution >= 4 is 0 Å². The van der Waals surface area contributed by atoms with Gasteiger partial charge in [-0.25, -0.2) is 0 Å². The van der Waals surface area contributed by atoms with Crippen molar-refractivity contribution in [1.29, 1.82) is 0 Å². The van der Waals surface area contributed by atoms with Crippen LogP contribution in [0.4, 0.5) is 0 Å². The molecule has 1 unspecified atom stereocenters. The molecule has 3 nitrogen and oxygen atoms in total. The Balaban J connectivity index is 1.97. The van der Waals surface area contributed by atoms with Crippen LogP contribution in [0.3, 0.4) is 0 Å². The highest BCUT2D eigenvalue weighted by Crippen LogP contribution is 2.40. The minimum Gasteiger partial charge on any atom is -0.359 e. The van der Waals surface area contributed by atoms with E-state index in [1.807, 2.05) is 0 Å². The molecule has 0 aromatic heterocycles. The van der Waals surface area contributed by atoms with E-state index in [1.54, 1.807) is 0 Å². The molecule has 0 bridgehead atoms. The van der Waals surface area contributed by atoms with Crippen LogP contribution in [0.15, 0.2) is 24.6 Å². The van der Waals surface area contributed by atoms with Crippen molar-refractivity contribution in [1.82, 2.24) is 14.7 Å². The summed E-state index contributed by atoms with van der Waals surface area (Å²) < 4.78 is 0. The van der Waals surface area contributed by atoms with Crippen molar-refractivity contribution in [3.8, 4) is 0 Å². The number of rotatable bonds is 6. The molecule has 3 heteroatoms. The van der Waals surface area contributed by atoms with Gasteiger partial charge in [-0.2, -0.15) is 0 Å². The molecule has 2 heterocycles. The molecule has 0 N–H and O–H groups in total. The van der Waals surface area contributed by atoms with E-state index in [2.05, 4.69) is 62.7 Å². The van der Waals surface area contributed by atoms with Gasteiger partial charge in [-0.1, -0.05) is 39.5 Å². The summed E-state index contributed by atoms with van der Waals surface area (Å²) in [5, 5.41) is 0. The fourth-order valence-corrected chi connectivity index (χ4v) is 4.59. The van der Waals surface area contributed by atoms with Crippen LogP contribution in [-0.2, 0) is 0 Å². The highest BCUT2D eigenvalue weighted by atomic mass is 15.3. The lowest BCUT2D eigenvalue weighted by molar-refractivity contribution is 0.0978. The molecule has 0 amide bonds. The van der Waals surface area contributed by atoms with Gasteiger partial charge in [-0.15, -0.1) is 0 Å². The van der Waals surface area contributed by atoms with E-state index >= 15 is 0 Å². The first-order chi connectivity index (χ1) is 10.8. The third kappa shape index (κ3) is 3.93. The highest BCUT2D eigenvalue weighted by Gasteiger charge is 2.40. The van der Waals surface area contributed by atoms with E-state index in [0.29, 0.717) is 17.4 Å². The number of hydrogen-bond acceptors (Lipinski definition) is 3. The molecule has 2 aliphatic heterocycles. The Labute approximate surface area is 144 Å². The molecule has 0 radical (unpaired) electrons. The molecule has 2 fully saturated rings. The standard InChI is InChI=1S/C20H37N3/c1-8-17(4)19(16(2)3)22(7)18(5)23-13-10-20(11-14-23)9-12-21(6)15-20/h16,19H,4-5,8-15H2,1-3,6-7H3. The summed E-state index contributed by atoms with van der Waals surface area (Å²) in [6.07, 6.45) is 5.04. The summed E-state index contributed by atoms with van der Waals surface area (Å²) in [4.78, 5) is 7.37. The lowest BCUT2D eigenvalue weighted by Gasteiger charge is -2.45. The molecular formula is C20H37N3. The van der Waals surface area contributed by atoms with Crippen LogP contribution in [0, 0.1) is 11.3 Å². The summed E-state index contributed by atoms with van der Waals surface area (Å²) in [6.45, 7) is 20.4. The topological polar surface area (TPSA) is 9.72 Å². The van der Waals surface area contributed by atoms with Crippen molar-refractivity contribution in [2.24, 2.45) is 11.3 Å². The van der Waals surface area contributed by atoms with Crippen molar-refractivity contribution in [2.45, 2.75) is 52.5 Å². The van der Waals surface area contributed by atoms with Crippen LogP contribution < -0.4 is 0 Å². The molecular weight excluding hydrogens is 282 g/mol. The van der Waals surface area contributed by atoms with Gasteiger partial charge >= 0.3 is 0 Å². The zero-order valence-corrected chi connectivity index (χ0v) is 16.1. The molecule has 1 atom stereocenters. The molecule has 0 aromatic carbocycles. The Morgan fingerprint density at radius 3 is 2.13 bits per heavy atom. The van der Waals surface area contributed by atoms with Gasteiger partial charge < -0.3 is 14.7 Å². The fraction of sp³-hybridized carbons (Fsp3) is 0.800. The van der Waals surface area contributed by atoms with Crippen molar-refractivity contribution in [3.63, 3.8) is 0 Å². The van der Waals surface area contributed by atoms with Gasteiger partial charge in [-0.05, 0) is 50.6 Å². The van der Waals surface area contributed by atoms with Crippen molar-refractivity contribution < 1.29 is 0 Å². The van der Waals surface area contributed by atoms with E-state index in [9.17, 15) is 0 Å². The minimum atomic E-state index is 0.390. The molecule has 1 spiro atoms. The largest absolute Gasteiger partial charge is 0.359 e. The molecule has 2 aliphatic rings. The maximum Gasteiger partial charge on any atom is 0.0967 e. The Kier molecular flexibility index (Phi) is 5.83. The second-order valence-electron chi connectivity index (χ2n) is 8.20. The monoisotopic (exact) mass is 319 g/mol. The van der Waals surface area contributed by atoms with Crippen molar-refractivity contribution in [3.05, 3.63) is 24.6 Å². The maximum absolute atomic E-state index is 4.43. The summed E-state index contributed by atoms with van der Waals surface area (Å²) >= 11 is 0. The third-order valence-corrected chi connectivity index (χ3v) is 6.15. The van der Waals surface area contributed by atoms with Crippen LogP contribution in [0.2, 0.25) is 0 Å². The molecule has 132 valence electrons. The number of likely N-dealkylation sites (tertiary alicyclic amines) is 2. The third-order valence-electron chi connectivity index (χ3n) is 6.15. The van der Waals surface area contributed by atoms with E-state index in [0.717, 1.165) is 19.5 Å². The van der Waals surface area contributed by atoms with Gasteiger partial charge in [0.05, 0.1) is 11.9 Å². The zero-order chi connectivity index (χ0) is 17.2. The SMILES string of the molecule is C=C(CC)C(C(C)C)N(C)C(=C)N1CCC2(CCN(C)C2)CC1. The van der Waals surface area contributed by atoms with Gasteiger partial charge in [0.2, 0.25) is 0 Å². The summed E-state index contributed by atoms with van der Waals surface area (Å²) in [6, 6.07) is 0.390. The van der Waals surface area contributed by atoms with Crippen LogP contribution in [0.1, 0.15) is 46.5 Å². The quantitative estimate of drug-likeness (QED) is 0.690. The number of likely N-dealkylation sites (N-methyl/N-ethyl adjacent to an activating group) is 1. The van der Waals surface area contributed by atoms with E-state index < -0.39 is 0 Å². The van der Waals surface area contributed by atoms with E-state index in [-0.39, 0.29) is 0 Å².